The van der Waals surface area contributed by atoms with Gasteiger partial charge in [-0.25, -0.2) is 0 Å². The van der Waals surface area contributed by atoms with Gasteiger partial charge in [0.25, 0.3) is 0 Å². The molecule has 4 nitrogen and oxygen atoms in total. The van der Waals surface area contributed by atoms with Gasteiger partial charge in [-0.1, -0.05) is 30.4 Å². The Bertz CT molecular complexity index is 582. The van der Waals surface area contributed by atoms with Crippen molar-refractivity contribution in [3.63, 3.8) is 0 Å². The molecule has 0 fully saturated rings. The maximum absolute atomic E-state index is 5.45. The third kappa shape index (κ3) is 3.06. The lowest BCUT2D eigenvalue weighted by molar-refractivity contribution is 0.134. The third-order valence-corrected chi connectivity index (χ3v) is 4.41. The second-order valence-corrected chi connectivity index (χ2v) is 6.04. The highest BCUT2D eigenvalue weighted by Crippen LogP contribution is 2.28. The SMILES string of the molecule is CCCNCCc1nnc(-c2ccc3c(c2)COC3)s1. The molecule has 1 aliphatic rings. The molecule has 0 unspecified atom stereocenters. The molecule has 0 aliphatic carbocycles. The van der Waals surface area contributed by atoms with Crippen LogP contribution in [0.4, 0.5) is 0 Å². The number of nitrogens with zero attached hydrogens (tertiary/aromatic N) is 2. The highest BCUT2D eigenvalue weighted by atomic mass is 32.1. The van der Waals surface area contributed by atoms with Crippen molar-refractivity contribution in [2.24, 2.45) is 0 Å². The standard InChI is InChI=1S/C15H19N3OS/c1-2-6-16-7-5-14-17-18-15(20-14)11-3-4-12-9-19-10-13(12)8-11/h3-4,8,16H,2,5-7,9-10H2,1H3. The molecule has 1 N–H and O–H groups in total. The topological polar surface area (TPSA) is 47.0 Å². The molecular weight excluding hydrogens is 270 g/mol. The molecule has 5 heteroatoms. The van der Waals surface area contributed by atoms with E-state index < -0.39 is 0 Å². The average Bonchev–Trinajstić information content (AvgIpc) is 3.11. The zero-order valence-electron chi connectivity index (χ0n) is 11.7. The maximum atomic E-state index is 5.45. The Morgan fingerprint density at radius 3 is 3.00 bits per heavy atom. The van der Waals surface area contributed by atoms with Crippen LogP contribution in [0.5, 0.6) is 0 Å². The van der Waals surface area contributed by atoms with Crippen molar-refractivity contribution in [3.8, 4) is 10.6 Å². The van der Waals surface area contributed by atoms with E-state index in [2.05, 4.69) is 40.6 Å². The molecule has 1 aromatic carbocycles. The van der Waals surface area contributed by atoms with E-state index in [-0.39, 0.29) is 0 Å². The number of ether oxygens (including phenoxy) is 1. The van der Waals surface area contributed by atoms with E-state index >= 15 is 0 Å². The fourth-order valence-electron chi connectivity index (χ4n) is 2.27. The van der Waals surface area contributed by atoms with E-state index in [0.29, 0.717) is 0 Å². The Balaban J connectivity index is 1.67. The zero-order valence-corrected chi connectivity index (χ0v) is 12.5. The largest absolute Gasteiger partial charge is 0.372 e. The molecule has 2 aromatic rings. The lowest BCUT2D eigenvalue weighted by atomic mass is 10.1. The summed E-state index contributed by atoms with van der Waals surface area (Å²) in [6, 6.07) is 6.44. The molecular formula is C15H19N3OS. The molecule has 0 atom stereocenters. The predicted molar refractivity (Wildman–Crippen MR) is 80.7 cm³/mol. The van der Waals surface area contributed by atoms with Crippen molar-refractivity contribution in [2.75, 3.05) is 13.1 Å². The first-order chi connectivity index (χ1) is 9.86. The highest BCUT2D eigenvalue weighted by Gasteiger charge is 2.13. The summed E-state index contributed by atoms with van der Waals surface area (Å²) in [5.74, 6) is 0. The van der Waals surface area contributed by atoms with Gasteiger partial charge in [-0.15, -0.1) is 10.2 Å². The Hall–Kier alpha value is -1.30. The number of rotatable bonds is 6. The predicted octanol–water partition coefficient (Wildman–Crippen LogP) is 2.78. The summed E-state index contributed by atoms with van der Waals surface area (Å²) in [5.41, 5.74) is 3.73. The lowest BCUT2D eigenvalue weighted by Crippen LogP contribution is -2.17. The number of fused-ring (bicyclic) bond motifs is 1. The van der Waals surface area contributed by atoms with Gasteiger partial charge in [-0.05, 0) is 30.2 Å². The summed E-state index contributed by atoms with van der Waals surface area (Å²) in [6.45, 7) is 5.67. The van der Waals surface area contributed by atoms with Crippen LogP contribution in [0.3, 0.4) is 0 Å². The second kappa shape index (κ2) is 6.43. The number of aromatic nitrogens is 2. The first kappa shape index (κ1) is 13.7. The van der Waals surface area contributed by atoms with Gasteiger partial charge in [-0.2, -0.15) is 0 Å². The fourth-order valence-corrected chi connectivity index (χ4v) is 3.11. The number of benzene rings is 1. The molecule has 3 rings (SSSR count). The van der Waals surface area contributed by atoms with Gasteiger partial charge in [0, 0.05) is 18.5 Å². The minimum absolute atomic E-state index is 0.718. The van der Waals surface area contributed by atoms with Gasteiger partial charge in [0.1, 0.15) is 10.0 Å². The third-order valence-electron chi connectivity index (χ3n) is 3.38. The molecule has 0 saturated carbocycles. The summed E-state index contributed by atoms with van der Waals surface area (Å²) in [6.07, 6.45) is 2.12. The average molecular weight is 289 g/mol. The maximum Gasteiger partial charge on any atom is 0.147 e. The summed E-state index contributed by atoms with van der Waals surface area (Å²) < 4.78 is 5.45. The van der Waals surface area contributed by atoms with E-state index in [4.69, 9.17) is 4.74 Å². The van der Waals surface area contributed by atoms with E-state index in [9.17, 15) is 0 Å². The van der Waals surface area contributed by atoms with Gasteiger partial charge in [0.2, 0.25) is 0 Å². The van der Waals surface area contributed by atoms with Crippen molar-refractivity contribution in [3.05, 3.63) is 34.3 Å². The van der Waals surface area contributed by atoms with Gasteiger partial charge < -0.3 is 10.1 Å². The Kier molecular flexibility index (Phi) is 4.40. The molecule has 1 aliphatic heterocycles. The van der Waals surface area contributed by atoms with Crippen molar-refractivity contribution < 1.29 is 4.74 Å². The first-order valence-electron chi connectivity index (χ1n) is 7.10. The fraction of sp³-hybridized carbons (Fsp3) is 0.467. The van der Waals surface area contributed by atoms with Crippen LogP contribution in [0, 0.1) is 0 Å². The van der Waals surface area contributed by atoms with Gasteiger partial charge >= 0.3 is 0 Å². The van der Waals surface area contributed by atoms with Crippen molar-refractivity contribution in [1.82, 2.24) is 15.5 Å². The van der Waals surface area contributed by atoms with Crippen LogP contribution in [0.1, 0.15) is 29.5 Å². The zero-order chi connectivity index (χ0) is 13.8. The number of hydrogen-bond acceptors (Lipinski definition) is 5. The summed E-state index contributed by atoms with van der Waals surface area (Å²) in [7, 11) is 0. The van der Waals surface area contributed by atoms with Gasteiger partial charge in [-0.3, -0.25) is 0 Å². The minimum Gasteiger partial charge on any atom is -0.372 e. The molecule has 0 spiro atoms. The lowest BCUT2D eigenvalue weighted by Gasteiger charge is -2.00. The van der Waals surface area contributed by atoms with E-state index in [1.165, 1.54) is 17.5 Å². The first-order valence-corrected chi connectivity index (χ1v) is 7.91. The van der Waals surface area contributed by atoms with E-state index in [0.717, 1.165) is 48.3 Å². The van der Waals surface area contributed by atoms with Gasteiger partial charge in [0.15, 0.2) is 0 Å². The quantitative estimate of drug-likeness (QED) is 0.831. The van der Waals surface area contributed by atoms with Crippen molar-refractivity contribution >= 4 is 11.3 Å². The molecule has 106 valence electrons. The van der Waals surface area contributed by atoms with Crippen LogP contribution < -0.4 is 5.32 Å². The second-order valence-electron chi connectivity index (χ2n) is 4.98. The normalized spacial score (nSPS) is 13.7. The Labute approximate surface area is 123 Å². The summed E-state index contributed by atoms with van der Waals surface area (Å²) >= 11 is 1.69. The minimum atomic E-state index is 0.718. The summed E-state index contributed by atoms with van der Waals surface area (Å²) in [5, 5.41) is 14.1. The molecule has 20 heavy (non-hydrogen) atoms. The molecule has 0 saturated heterocycles. The van der Waals surface area contributed by atoms with E-state index in [1.807, 2.05) is 0 Å². The molecule has 0 radical (unpaired) electrons. The molecule has 2 heterocycles. The van der Waals surface area contributed by atoms with Crippen molar-refractivity contribution in [1.29, 1.82) is 0 Å². The molecule has 0 amide bonds. The monoisotopic (exact) mass is 289 g/mol. The number of nitrogens with one attached hydrogen (secondary N) is 1. The van der Waals surface area contributed by atoms with Crippen molar-refractivity contribution in [2.45, 2.75) is 33.0 Å². The Morgan fingerprint density at radius 2 is 2.10 bits per heavy atom. The molecule has 0 bridgehead atoms. The van der Waals surface area contributed by atoms with Crippen LogP contribution in [-0.2, 0) is 24.4 Å². The Morgan fingerprint density at radius 1 is 1.20 bits per heavy atom. The smallest absolute Gasteiger partial charge is 0.147 e. The van der Waals surface area contributed by atoms with Crippen LogP contribution in [0.2, 0.25) is 0 Å². The van der Waals surface area contributed by atoms with Crippen LogP contribution in [-0.4, -0.2) is 23.3 Å². The van der Waals surface area contributed by atoms with Crippen LogP contribution in [0.25, 0.3) is 10.6 Å². The summed E-state index contributed by atoms with van der Waals surface area (Å²) in [4.78, 5) is 0. The van der Waals surface area contributed by atoms with Crippen LogP contribution in [0.15, 0.2) is 18.2 Å². The number of hydrogen-bond donors (Lipinski definition) is 1. The molecule has 1 aromatic heterocycles. The van der Waals surface area contributed by atoms with E-state index in [1.54, 1.807) is 11.3 Å². The highest BCUT2D eigenvalue weighted by molar-refractivity contribution is 7.14. The van der Waals surface area contributed by atoms with Gasteiger partial charge in [0.05, 0.1) is 13.2 Å². The van der Waals surface area contributed by atoms with Crippen LogP contribution >= 0.6 is 11.3 Å².